The van der Waals surface area contributed by atoms with Gasteiger partial charge in [0.25, 0.3) is 5.91 Å². The highest BCUT2D eigenvalue weighted by atomic mass is 127. The third-order valence-corrected chi connectivity index (χ3v) is 6.06. The molecule has 2 rings (SSSR count). The standard InChI is InChI=1S/C13H6BrClI3NO/c14-8-3-1-2-7(11(8)15)13(20)19-12-9(17)4-6(16)5-10(12)18/h1-5H,(H,19,20). The molecule has 2 aromatic rings. The minimum absolute atomic E-state index is 0.214. The summed E-state index contributed by atoms with van der Waals surface area (Å²) in [4.78, 5) is 12.4. The van der Waals surface area contributed by atoms with E-state index in [1.54, 1.807) is 18.2 Å². The van der Waals surface area contributed by atoms with Gasteiger partial charge >= 0.3 is 0 Å². The number of anilines is 1. The minimum Gasteiger partial charge on any atom is -0.320 e. The van der Waals surface area contributed by atoms with Crippen molar-refractivity contribution in [3.8, 4) is 0 Å². The molecule has 0 saturated heterocycles. The van der Waals surface area contributed by atoms with E-state index >= 15 is 0 Å². The Morgan fingerprint density at radius 2 is 1.75 bits per heavy atom. The summed E-state index contributed by atoms with van der Waals surface area (Å²) >= 11 is 16.1. The summed E-state index contributed by atoms with van der Waals surface area (Å²) in [6, 6.07) is 9.32. The van der Waals surface area contributed by atoms with Crippen LogP contribution in [0.1, 0.15) is 10.4 Å². The van der Waals surface area contributed by atoms with Gasteiger partial charge in [-0.2, -0.15) is 0 Å². The molecule has 1 amide bonds. The van der Waals surface area contributed by atoms with Crippen LogP contribution in [0.3, 0.4) is 0 Å². The van der Waals surface area contributed by atoms with Crippen molar-refractivity contribution >= 4 is 107 Å². The Morgan fingerprint density at radius 3 is 2.35 bits per heavy atom. The van der Waals surface area contributed by atoms with Gasteiger partial charge < -0.3 is 5.32 Å². The van der Waals surface area contributed by atoms with E-state index in [0.29, 0.717) is 15.1 Å². The normalized spacial score (nSPS) is 10.4. The first-order valence-electron chi connectivity index (χ1n) is 5.30. The number of benzene rings is 2. The van der Waals surface area contributed by atoms with Crippen LogP contribution in [0.4, 0.5) is 5.69 Å². The molecule has 0 atom stereocenters. The quantitative estimate of drug-likeness (QED) is 0.377. The Labute approximate surface area is 171 Å². The number of hydrogen-bond acceptors (Lipinski definition) is 1. The van der Waals surface area contributed by atoms with E-state index in [1.807, 2.05) is 12.1 Å². The summed E-state index contributed by atoms with van der Waals surface area (Å²) in [5.41, 5.74) is 1.26. The van der Waals surface area contributed by atoms with Crippen LogP contribution in [0.25, 0.3) is 0 Å². The Kier molecular flexibility index (Phi) is 6.40. The van der Waals surface area contributed by atoms with Crippen molar-refractivity contribution in [2.45, 2.75) is 0 Å². The molecule has 0 saturated carbocycles. The predicted molar refractivity (Wildman–Crippen MR) is 112 cm³/mol. The lowest BCUT2D eigenvalue weighted by Crippen LogP contribution is -2.14. The minimum atomic E-state index is -0.214. The zero-order valence-corrected chi connectivity index (χ0v) is 18.5. The van der Waals surface area contributed by atoms with E-state index in [4.69, 9.17) is 11.6 Å². The number of nitrogens with one attached hydrogen (secondary N) is 1. The van der Waals surface area contributed by atoms with E-state index < -0.39 is 0 Å². The molecule has 0 aliphatic rings. The molecule has 2 nitrogen and oxygen atoms in total. The van der Waals surface area contributed by atoms with Gasteiger partial charge in [-0.3, -0.25) is 4.79 Å². The van der Waals surface area contributed by atoms with Gasteiger partial charge in [0.1, 0.15) is 0 Å². The molecule has 0 radical (unpaired) electrons. The molecule has 0 aliphatic carbocycles. The fraction of sp³-hybridized carbons (Fsp3) is 0. The van der Waals surface area contributed by atoms with Crippen molar-refractivity contribution in [2.75, 3.05) is 5.32 Å². The van der Waals surface area contributed by atoms with Crippen LogP contribution in [0.15, 0.2) is 34.8 Å². The third-order valence-electron chi connectivity index (χ3n) is 2.44. The summed E-state index contributed by atoms with van der Waals surface area (Å²) in [7, 11) is 0. The van der Waals surface area contributed by atoms with Crippen molar-refractivity contribution in [3.05, 3.63) is 56.1 Å². The molecule has 7 heteroatoms. The zero-order valence-electron chi connectivity index (χ0n) is 9.68. The van der Waals surface area contributed by atoms with Crippen LogP contribution in [0.5, 0.6) is 0 Å². The topological polar surface area (TPSA) is 29.1 Å². The maximum atomic E-state index is 12.4. The Balaban J connectivity index is 2.36. The van der Waals surface area contributed by atoms with Crippen molar-refractivity contribution in [3.63, 3.8) is 0 Å². The smallest absolute Gasteiger partial charge is 0.257 e. The Hall–Kier alpha value is 0.870. The second-order valence-electron chi connectivity index (χ2n) is 3.80. The number of carbonyl (C=O) groups is 1. The molecule has 104 valence electrons. The third kappa shape index (κ3) is 3.99. The maximum Gasteiger partial charge on any atom is 0.257 e. The van der Waals surface area contributed by atoms with E-state index in [1.165, 1.54) is 0 Å². The second kappa shape index (κ2) is 7.42. The Bertz CT molecular complexity index is 670. The van der Waals surface area contributed by atoms with E-state index in [9.17, 15) is 4.79 Å². The largest absolute Gasteiger partial charge is 0.320 e. The molecule has 20 heavy (non-hydrogen) atoms. The van der Waals surface area contributed by atoms with Crippen molar-refractivity contribution in [1.29, 1.82) is 0 Å². The molecule has 2 aromatic carbocycles. The molecule has 0 aromatic heterocycles. The average Bonchev–Trinajstić information content (AvgIpc) is 2.36. The van der Waals surface area contributed by atoms with Crippen molar-refractivity contribution < 1.29 is 4.79 Å². The van der Waals surface area contributed by atoms with Gasteiger partial charge in [0, 0.05) is 15.2 Å². The van der Waals surface area contributed by atoms with Gasteiger partial charge in [-0.1, -0.05) is 17.7 Å². The van der Waals surface area contributed by atoms with Gasteiger partial charge in [0.15, 0.2) is 0 Å². The number of halogens is 5. The molecular formula is C13H6BrClI3NO. The number of carbonyl (C=O) groups excluding carboxylic acids is 1. The highest BCUT2D eigenvalue weighted by Gasteiger charge is 2.15. The summed E-state index contributed by atoms with van der Waals surface area (Å²) < 4.78 is 3.84. The van der Waals surface area contributed by atoms with E-state index in [2.05, 4.69) is 89.0 Å². The van der Waals surface area contributed by atoms with Gasteiger partial charge in [-0.25, -0.2) is 0 Å². The first-order chi connectivity index (χ1) is 9.40. The van der Waals surface area contributed by atoms with Crippen LogP contribution < -0.4 is 5.32 Å². The lowest BCUT2D eigenvalue weighted by atomic mass is 10.2. The van der Waals surface area contributed by atoms with Gasteiger partial charge in [0.05, 0.1) is 16.3 Å². The fourth-order valence-corrected chi connectivity index (χ4v) is 5.95. The molecule has 0 unspecified atom stereocenters. The Morgan fingerprint density at radius 1 is 1.15 bits per heavy atom. The second-order valence-corrected chi connectivity index (χ2v) is 8.60. The van der Waals surface area contributed by atoms with E-state index in [-0.39, 0.29) is 5.91 Å². The molecule has 0 aliphatic heterocycles. The number of amides is 1. The highest BCUT2D eigenvalue weighted by Crippen LogP contribution is 2.30. The molecule has 1 N–H and O–H groups in total. The lowest BCUT2D eigenvalue weighted by Gasteiger charge is -2.11. The predicted octanol–water partition coefficient (Wildman–Crippen LogP) is 6.17. The molecule has 0 heterocycles. The summed E-state index contributed by atoms with van der Waals surface area (Å²) in [5.74, 6) is -0.214. The van der Waals surface area contributed by atoms with Crippen LogP contribution >= 0.6 is 95.3 Å². The molecule has 0 bridgehead atoms. The van der Waals surface area contributed by atoms with Crippen LogP contribution in [-0.4, -0.2) is 5.91 Å². The maximum absolute atomic E-state index is 12.4. The first kappa shape index (κ1) is 17.2. The highest BCUT2D eigenvalue weighted by molar-refractivity contribution is 14.1. The molecule has 0 spiro atoms. The van der Waals surface area contributed by atoms with Crippen LogP contribution in [-0.2, 0) is 0 Å². The summed E-state index contributed by atoms with van der Waals surface area (Å²) in [6.45, 7) is 0. The van der Waals surface area contributed by atoms with Crippen LogP contribution in [0, 0.1) is 10.7 Å². The van der Waals surface area contributed by atoms with Gasteiger partial charge in [0.2, 0.25) is 0 Å². The molecular weight excluding hydrogens is 682 g/mol. The SMILES string of the molecule is O=C(Nc1c(I)cc(I)cc1I)c1cccc(Br)c1Cl. The molecule has 0 fully saturated rings. The number of hydrogen-bond donors (Lipinski definition) is 1. The van der Waals surface area contributed by atoms with E-state index in [0.717, 1.165) is 16.4 Å². The monoisotopic (exact) mass is 687 g/mol. The number of rotatable bonds is 2. The van der Waals surface area contributed by atoms with Gasteiger partial charge in [-0.05, 0) is 108 Å². The lowest BCUT2D eigenvalue weighted by molar-refractivity contribution is 0.102. The van der Waals surface area contributed by atoms with Crippen molar-refractivity contribution in [2.24, 2.45) is 0 Å². The zero-order chi connectivity index (χ0) is 14.9. The summed E-state index contributed by atoms with van der Waals surface area (Å²) in [6.07, 6.45) is 0. The fourth-order valence-electron chi connectivity index (χ4n) is 1.52. The van der Waals surface area contributed by atoms with Crippen LogP contribution in [0.2, 0.25) is 5.02 Å². The average molecular weight is 688 g/mol. The van der Waals surface area contributed by atoms with Gasteiger partial charge in [-0.15, -0.1) is 0 Å². The summed E-state index contributed by atoms with van der Waals surface area (Å²) in [5, 5.41) is 3.34. The van der Waals surface area contributed by atoms with Crippen molar-refractivity contribution in [1.82, 2.24) is 0 Å². The first-order valence-corrected chi connectivity index (χ1v) is 9.70.